The summed E-state index contributed by atoms with van der Waals surface area (Å²) in [5.74, 6) is 0. The van der Waals surface area contributed by atoms with Crippen molar-refractivity contribution in [2.24, 2.45) is 0 Å². The van der Waals surface area contributed by atoms with Crippen molar-refractivity contribution in [1.29, 1.82) is 0 Å². The van der Waals surface area contributed by atoms with Gasteiger partial charge in [0.2, 0.25) is 0 Å². The molecule has 0 bridgehead atoms. The molecule has 11 heavy (non-hydrogen) atoms. The van der Waals surface area contributed by atoms with Crippen LogP contribution in [0.2, 0.25) is 0 Å². The van der Waals surface area contributed by atoms with Crippen molar-refractivity contribution in [3.05, 3.63) is 12.7 Å². The summed E-state index contributed by atoms with van der Waals surface area (Å²) in [6.07, 6.45) is 1.53. The Bertz CT molecular complexity index is 104. The first kappa shape index (κ1) is 10.6. The lowest BCUT2D eigenvalue weighted by molar-refractivity contribution is -0.103. The Morgan fingerprint density at radius 2 is 2.27 bits per heavy atom. The average Bonchev–Trinajstić information content (AvgIpc) is 2.00. The van der Waals surface area contributed by atoms with E-state index in [1.54, 1.807) is 20.1 Å². The van der Waals surface area contributed by atoms with Gasteiger partial charge in [0.15, 0.2) is 0 Å². The van der Waals surface area contributed by atoms with E-state index >= 15 is 0 Å². The van der Waals surface area contributed by atoms with E-state index in [1.807, 2.05) is 0 Å². The summed E-state index contributed by atoms with van der Waals surface area (Å²) in [6, 6.07) is 0. The number of ether oxygens (including phenoxy) is 2. The summed E-state index contributed by atoms with van der Waals surface area (Å²) in [5.41, 5.74) is 0. The van der Waals surface area contributed by atoms with Crippen molar-refractivity contribution in [1.82, 2.24) is 0 Å². The van der Waals surface area contributed by atoms with Gasteiger partial charge in [-0.2, -0.15) is 0 Å². The SMILES string of the molecule is C=CC[C@H](O)[C@H](C)OCOC. The minimum Gasteiger partial charge on any atom is -0.390 e. The fourth-order valence-corrected chi connectivity index (χ4v) is 0.649. The molecule has 0 heterocycles. The summed E-state index contributed by atoms with van der Waals surface area (Å²) in [5, 5.41) is 9.29. The standard InChI is InChI=1S/C8H16O3/c1-4-5-8(9)7(2)11-6-10-3/h4,7-9H,1,5-6H2,2-3H3/t7-,8-/m0/s1. The van der Waals surface area contributed by atoms with Crippen LogP contribution in [0.25, 0.3) is 0 Å². The highest BCUT2D eigenvalue weighted by atomic mass is 16.7. The molecule has 0 rings (SSSR count). The molecule has 0 aliphatic carbocycles. The predicted octanol–water partition coefficient (Wildman–Crippen LogP) is 0.932. The zero-order valence-corrected chi connectivity index (χ0v) is 7.12. The second kappa shape index (κ2) is 6.34. The Labute approximate surface area is 67.6 Å². The monoisotopic (exact) mass is 160 g/mol. The Kier molecular flexibility index (Phi) is 6.12. The van der Waals surface area contributed by atoms with Crippen LogP contribution >= 0.6 is 0 Å². The van der Waals surface area contributed by atoms with Crippen LogP contribution in [0.5, 0.6) is 0 Å². The van der Waals surface area contributed by atoms with Crippen molar-refractivity contribution in [2.45, 2.75) is 25.6 Å². The summed E-state index contributed by atoms with van der Waals surface area (Å²) >= 11 is 0. The molecule has 0 amide bonds. The van der Waals surface area contributed by atoms with Crippen LogP contribution in [0.15, 0.2) is 12.7 Å². The highest BCUT2D eigenvalue weighted by Gasteiger charge is 2.11. The Hall–Kier alpha value is -0.380. The molecule has 66 valence electrons. The number of methoxy groups -OCH3 is 1. The summed E-state index contributed by atoms with van der Waals surface area (Å²) in [7, 11) is 1.55. The fraction of sp³-hybridized carbons (Fsp3) is 0.750. The quantitative estimate of drug-likeness (QED) is 0.464. The topological polar surface area (TPSA) is 38.7 Å². The van der Waals surface area contributed by atoms with E-state index < -0.39 is 6.10 Å². The lowest BCUT2D eigenvalue weighted by atomic mass is 10.1. The van der Waals surface area contributed by atoms with Gasteiger partial charge < -0.3 is 14.6 Å². The Morgan fingerprint density at radius 3 is 2.73 bits per heavy atom. The van der Waals surface area contributed by atoms with E-state index in [-0.39, 0.29) is 12.9 Å². The third-order valence-electron chi connectivity index (χ3n) is 1.40. The molecular weight excluding hydrogens is 144 g/mol. The number of rotatable bonds is 6. The summed E-state index contributed by atoms with van der Waals surface area (Å²) in [6.45, 7) is 5.53. The molecule has 2 atom stereocenters. The molecule has 0 saturated heterocycles. The zero-order chi connectivity index (χ0) is 8.69. The van der Waals surface area contributed by atoms with Crippen LogP contribution in [-0.2, 0) is 9.47 Å². The minimum atomic E-state index is -0.484. The molecule has 0 aliphatic rings. The Balaban J connectivity index is 3.45. The van der Waals surface area contributed by atoms with Gasteiger partial charge in [-0.25, -0.2) is 0 Å². The van der Waals surface area contributed by atoms with Crippen LogP contribution in [0, 0.1) is 0 Å². The van der Waals surface area contributed by atoms with Gasteiger partial charge in [-0.1, -0.05) is 6.08 Å². The van der Waals surface area contributed by atoms with Crippen molar-refractivity contribution in [3.63, 3.8) is 0 Å². The first-order chi connectivity index (χ1) is 5.22. The van der Waals surface area contributed by atoms with E-state index in [4.69, 9.17) is 4.74 Å². The molecule has 0 aromatic rings. The smallest absolute Gasteiger partial charge is 0.146 e. The molecule has 0 aliphatic heterocycles. The van der Waals surface area contributed by atoms with E-state index in [1.165, 1.54) is 0 Å². The molecule has 3 heteroatoms. The fourth-order valence-electron chi connectivity index (χ4n) is 0.649. The summed E-state index contributed by atoms with van der Waals surface area (Å²) in [4.78, 5) is 0. The number of aliphatic hydroxyl groups excluding tert-OH is 1. The van der Waals surface area contributed by atoms with E-state index in [2.05, 4.69) is 11.3 Å². The van der Waals surface area contributed by atoms with Gasteiger partial charge in [0.25, 0.3) is 0 Å². The van der Waals surface area contributed by atoms with Crippen molar-refractivity contribution in [2.75, 3.05) is 13.9 Å². The van der Waals surface area contributed by atoms with Crippen molar-refractivity contribution < 1.29 is 14.6 Å². The van der Waals surface area contributed by atoms with Gasteiger partial charge >= 0.3 is 0 Å². The van der Waals surface area contributed by atoms with Gasteiger partial charge in [0.1, 0.15) is 6.79 Å². The predicted molar refractivity (Wildman–Crippen MR) is 43.2 cm³/mol. The summed E-state index contributed by atoms with van der Waals surface area (Å²) < 4.78 is 9.77. The first-order valence-electron chi connectivity index (χ1n) is 3.61. The van der Waals surface area contributed by atoms with E-state index in [0.717, 1.165) is 0 Å². The molecule has 3 nitrogen and oxygen atoms in total. The lowest BCUT2D eigenvalue weighted by Crippen LogP contribution is -2.26. The molecule has 0 aromatic heterocycles. The maximum Gasteiger partial charge on any atom is 0.146 e. The number of hydrogen-bond donors (Lipinski definition) is 1. The van der Waals surface area contributed by atoms with E-state index in [9.17, 15) is 5.11 Å². The van der Waals surface area contributed by atoms with Gasteiger partial charge in [0.05, 0.1) is 12.2 Å². The number of aliphatic hydroxyl groups is 1. The average molecular weight is 160 g/mol. The molecule has 0 fully saturated rings. The first-order valence-corrected chi connectivity index (χ1v) is 3.61. The van der Waals surface area contributed by atoms with Crippen molar-refractivity contribution >= 4 is 0 Å². The molecule has 0 radical (unpaired) electrons. The highest BCUT2D eigenvalue weighted by Crippen LogP contribution is 2.02. The third kappa shape index (κ3) is 4.95. The van der Waals surface area contributed by atoms with Crippen LogP contribution < -0.4 is 0 Å². The number of hydrogen-bond acceptors (Lipinski definition) is 3. The van der Waals surface area contributed by atoms with Crippen LogP contribution in [0.1, 0.15) is 13.3 Å². The molecular formula is C8H16O3. The van der Waals surface area contributed by atoms with Crippen LogP contribution in [0.4, 0.5) is 0 Å². The normalized spacial score (nSPS) is 15.9. The molecule has 0 aromatic carbocycles. The maximum absolute atomic E-state index is 9.29. The third-order valence-corrected chi connectivity index (χ3v) is 1.40. The molecule has 0 spiro atoms. The van der Waals surface area contributed by atoms with E-state index in [0.29, 0.717) is 6.42 Å². The molecule has 0 saturated carbocycles. The molecule has 1 N–H and O–H groups in total. The minimum absolute atomic E-state index is 0.201. The van der Waals surface area contributed by atoms with Gasteiger partial charge in [-0.15, -0.1) is 6.58 Å². The van der Waals surface area contributed by atoms with Gasteiger partial charge in [-0.3, -0.25) is 0 Å². The maximum atomic E-state index is 9.29. The molecule has 0 unspecified atom stereocenters. The van der Waals surface area contributed by atoms with Gasteiger partial charge in [-0.05, 0) is 13.3 Å². The largest absolute Gasteiger partial charge is 0.390 e. The zero-order valence-electron chi connectivity index (χ0n) is 7.12. The van der Waals surface area contributed by atoms with Crippen LogP contribution in [0.3, 0.4) is 0 Å². The Morgan fingerprint density at radius 1 is 1.64 bits per heavy atom. The highest BCUT2D eigenvalue weighted by molar-refractivity contribution is 4.75. The van der Waals surface area contributed by atoms with Gasteiger partial charge in [0, 0.05) is 7.11 Å². The lowest BCUT2D eigenvalue weighted by Gasteiger charge is -2.17. The second-order valence-electron chi connectivity index (χ2n) is 2.37. The second-order valence-corrected chi connectivity index (χ2v) is 2.37. The van der Waals surface area contributed by atoms with Crippen LogP contribution in [-0.4, -0.2) is 31.2 Å². The van der Waals surface area contributed by atoms with Crippen molar-refractivity contribution in [3.8, 4) is 0 Å².